The summed E-state index contributed by atoms with van der Waals surface area (Å²) in [7, 11) is 0. The van der Waals surface area contributed by atoms with Gasteiger partial charge < -0.3 is 0 Å². The topological polar surface area (TPSA) is 118 Å². The molecule has 0 rings (SSSR count). The molecule has 0 aliphatic carbocycles. The summed E-state index contributed by atoms with van der Waals surface area (Å²) in [6.45, 7) is 0. The first-order valence-electron chi connectivity index (χ1n) is 1.55. The molecule has 0 spiro atoms. The van der Waals surface area contributed by atoms with Crippen molar-refractivity contribution in [2.24, 2.45) is 0 Å². The van der Waals surface area contributed by atoms with Gasteiger partial charge in [0.2, 0.25) is 0 Å². The van der Waals surface area contributed by atoms with Crippen molar-refractivity contribution in [3.8, 4) is 0 Å². The van der Waals surface area contributed by atoms with Crippen molar-refractivity contribution >= 4 is 20.0 Å². The third kappa shape index (κ3) is 2.29. The van der Waals surface area contributed by atoms with Gasteiger partial charge in [-0.15, -0.1) is 0 Å². The van der Waals surface area contributed by atoms with Crippen molar-refractivity contribution in [1.29, 1.82) is 0 Å². The molecule has 9 heavy (non-hydrogen) atoms. The van der Waals surface area contributed by atoms with Crippen LogP contribution < -0.4 is 0 Å². The van der Waals surface area contributed by atoms with E-state index in [1.807, 2.05) is 0 Å². The van der Waals surface area contributed by atoms with E-state index in [1.165, 1.54) is 0 Å². The molecule has 0 atom stereocenters. The van der Waals surface area contributed by atoms with E-state index < -0.39 is 20.0 Å². The molecule has 4 N–H and O–H groups in total. The maximum atomic E-state index is 7.71. The molecule has 56 valence electrons. The fraction of sp³-hybridized carbons (Fsp3) is 0. The van der Waals surface area contributed by atoms with Crippen molar-refractivity contribution in [2.75, 3.05) is 0 Å². The van der Waals surface area contributed by atoms with Gasteiger partial charge in [0.1, 0.15) is 0 Å². The Balaban J connectivity index is 3.82. The van der Waals surface area contributed by atoms with Gasteiger partial charge in [0.05, 0.1) is 0 Å². The predicted molar refractivity (Wildman–Crippen MR) is 20.6 cm³/mol. The summed E-state index contributed by atoms with van der Waals surface area (Å²) in [6.07, 6.45) is 0. The molecule has 0 unspecified atom stereocenters. The second kappa shape index (κ2) is 4.32. The molecule has 0 aromatic rings. The summed E-state index contributed by atoms with van der Waals surface area (Å²) in [4.78, 5) is 0. The average molecular weight is 251 g/mol. The second-order valence-corrected chi connectivity index (χ2v) is 5.80. The standard InChI is InChI=1S/4H2O2.Sn/c4*1-2;/h4*1-2H;/q;;;;+4/p-4. The van der Waals surface area contributed by atoms with Gasteiger partial charge >= 0.3 is 54.0 Å². The van der Waals surface area contributed by atoms with Crippen LogP contribution in [0.2, 0.25) is 0 Å². The van der Waals surface area contributed by atoms with E-state index >= 15 is 0 Å². The van der Waals surface area contributed by atoms with Gasteiger partial charge in [-0.05, 0) is 0 Å². The van der Waals surface area contributed by atoms with Crippen LogP contribution in [0.3, 0.4) is 0 Å². The van der Waals surface area contributed by atoms with E-state index in [0.717, 1.165) is 0 Å². The molecule has 0 aliphatic rings. The summed E-state index contributed by atoms with van der Waals surface area (Å²) in [5.74, 6) is 0. The predicted octanol–water partition coefficient (Wildman–Crippen LogP) is -0.620. The zero-order chi connectivity index (χ0) is 7.33. The van der Waals surface area contributed by atoms with Gasteiger partial charge in [-0.3, -0.25) is 0 Å². The van der Waals surface area contributed by atoms with E-state index in [4.69, 9.17) is 21.0 Å². The van der Waals surface area contributed by atoms with Gasteiger partial charge in [-0.2, -0.15) is 0 Å². The Morgan fingerprint density at radius 2 is 0.889 bits per heavy atom. The molecular formula is H4O8Sn. The van der Waals surface area contributed by atoms with Crippen LogP contribution in [0.25, 0.3) is 0 Å². The number of hydrogen-bond acceptors (Lipinski definition) is 8. The Morgan fingerprint density at radius 1 is 0.667 bits per heavy atom. The Hall–Kier alpha value is 0.479. The average Bonchev–Trinajstić information content (AvgIpc) is 1.95. The van der Waals surface area contributed by atoms with Crippen molar-refractivity contribution in [3.05, 3.63) is 0 Å². The van der Waals surface area contributed by atoms with Crippen LogP contribution in [0.4, 0.5) is 0 Å². The van der Waals surface area contributed by atoms with Crippen LogP contribution in [-0.2, 0) is 12.9 Å². The summed E-state index contributed by atoms with van der Waals surface area (Å²) in [5.41, 5.74) is 0. The molecule has 0 saturated carbocycles. The van der Waals surface area contributed by atoms with Gasteiger partial charge in [-0.25, -0.2) is 0 Å². The molecule has 0 fully saturated rings. The Morgan fingerprint density at radius 3 is 0.889 bits per heavy atom. The molecule has 0 saturated heterocycles. The molecule has 0 bridgehead atoms. The first-order chi connectivity index (χ1) is 4.24. The van der Waals surface area contributed by atoms with Crippen molar-refractivity contribution in [2.45, 2.75) is 0 Å². The monoisotopic (exact) mass is 252 g/mol. The third-order valence-corrected chi connectivity index (χ3v) is 3.00. The number of hydrogen-bond donors (Lipinski definition) is 4. The molecule has 0 heterocycles. The van der Waals surface area contributed by atoms with Crippen LogP contribution in [-0.4, -0.2) is 41.1 Å². The van der Waals surface area contributed by atoms with Gasteiger partial charge in [0.25, 0.3) is 0 Å². The van der Waals surface area contributed by atoms with Crippen LogP contribution in [0.1, 0.15) is 0 Å². The Labute approximate surface area is 54.5 Å². The zero-order valence-corrected chi connectivity index (χ0v) is 6.78. The number of rotatable bonds is 4. The SMILES string of the molecule is O[O][Sn]([O]O)([O]O)[O]O. The Bertz CT molecular complexity index is 47.5. The first kappa shape index (κ1) is 9.48. The molecular weight excluding hydrogens is 247 g/mol. The van der Waals surface area contributed by atoms with Crippen LogP contribution in [0.5, 0.6) is 0 Å². The zero-order valence-electron chi connectivity index (χ0n) is 3.92. The quantitative estimate of drug-likeness (QED) is 0.296. The minimum absolute atomic E-state index is 3.18. The van der Waals surface area contributed by atoms with Gasteiger partial charge in [0, 0.05) is 0 Å². The van der Waals surface area contributed by atoms with E-state index in [-0.39, 0.29) is 0 Å². The normalized spacial score (nSPS) is 12.0. The van der Waals surface area contributed by atoms with Crippen LogP contribution in [0.15, 0.2) is 0 Å². The summed E-state index contributed by atoms with van der Waals surface area (Å²) in [6, 6.07) is 0. The van der Waals surface area contributed by atoms with Crippen molar-refractivity contribution < 1.29 is 33.9 Å². The van der Waals surface area contributed by atoms with Crippen molar-refractivity contribution in [1.82, 2.24) is 0 Å². The van der Waals surface area contributed by atoms with E-state index in [0.29, 0.717) is 0 Å². The fourth-order valence-corrected chi connectivity index (χ4v) is 0.671. The Kier molecular flexibility index (Phi) is 4.55. The minimum atomic E-state index is -5.16. The van der Waals surface area contributed by atoms with Crippen molar-refractivity contribution in [3.63, 3.8) is 0 Å². The molecule has 9 heteroatoms. The fourth-order valence-electron chi connectivity index (χ4n) is 0.100. The second-order valence-electron chi connectivity index (χ2n) is 0.865. The van der Waals surface area contributed by atoms with Crippen LogP contribution >= 0.6 is 0 Å². The van der Waals surface area contributed by atoms with Gasteiger partial charge in [-0.1, -0.05) is 0 Å². The molecule has 0 aromatic carbocycles. The van der Waals surface area contributed by atoms with E-state index in [2.05, 4.69) is 12.9 Å². The first-order valence-corrected chi connectivity index (χ1v) is 6.21. The molecule has 8 nitrogen and oxygen atoms in total. The summed E-state index contributed by atoms with van der Waals surface area (Å²) >= 11 is -5.16. The third-order valence-electron chi connectivity index (χ3n) is 0.447. The van der Waals surface area contributed by atoms with E-state index in [9.17, 15) is 0 Å². The van der Waals surface area contributed by atoms with Gasteiger partial charge in [0.15, 0.2) is 0 Å². The molecule has 0 aromatic heterocycles. The molecule has 0 aliphatic heterocycles. The summed E-state index contributed by atoms with van der Waals surface area (Å²) < 4.78 is 12.7. The van der Waals surface area contributed by atoms with E-state index in [1.54, 1.807) is 0 Å². The molecule has 0 amide bonds. The maximum absolute atomic E-state index is 7.71. The summed E-state index contributed by atoms with van der Waals surface area (Å²) in [5, 5.41) is 30.9. The molecule has 0 radical (unpaired) electrons. The van der Waals surface area contributed by atoms with Crippen LogP contribution in [0, 0.1) is 0 Å².